The lowest BCUT2D eigenvalue weighted by Crippen LogP contribution is -2.19. The lowest BCUT2D eigenvalue weighted by Gasteiger charge is -2.12. The lowest BCUT2D eigenvalue weighted by atomic mass is 10.2. The molecule has 0 atom stereocenters. The normalized spacial score (nSPS) is 10.0. The Bertz CT molecular complexity index is 706. The number of benzene rings is 2. The van der Waals surface area contributed by atoms with Crippen LogP contribution >= 0.6 is 23.8 Å². The zero-order chi connectivity index (χ0) is 15.4. The Morgan fingerprint density at radius 1 is 1.24 bits per heavy atom. The molecule has 0 aromatic heterocycles. The highest BCUT2D eigenvalue weighted by Gasteiger charge is 2.10. The molecule has 108 valence electrons. The number of nitro benzene ring substituents is 1. The van der Waals surface area contributed by atoms with Crippen LogP contribution in [0.3, 0.4) is 0 Å². The summed E-state index contributed by atoms with van der Waals surface area (Å²) < 4.78 is 0. The van der Waals surface area contributed by atoms with Crippen molar-refractivity contribution in [2.75, 3.05) is 10.6 Å². The van der Waals surface area contributed by atoms with Crippen LogP contribution in [-0.2, 0) is 0 Å². The molecule has 7 heteroatoms. The first kappa shape index (κ1) is 15.2. The molecule has 5 nitrogen and oxygen atoms in total. The van der Waals surface area contributed by atoms with E-state index in [1.807, 2.05) is 31.2 Å². The largest absolute Gasteiger partial charge is 0.332 e. The number of thiocarbonyl (C=S) groups is 1. The predicted molar refractivity (Wildman–Crippen MR) is 89.1 cm³/mol. The molecule has 2 aromatic carbocycles. The van der Waals surface area contributed by atoms with Crippen molar-refractivity contribution in [1.82, 2.24) is 0 Å². The number of hydrogen-bond donors (Lipinski definition) is 2. The Balaban J connectivity index is 2.12. The average Bonchev–Trinajstić information content (AvgIpc) is 2.41. The van der Waals surface area contributed by atoms with Crippen LogP contribution < -0.4 is 10.6 Å². The highest BCUT2D eigenvalue weighted by molar-refractivity contribution is 7.80. The van der Waals surface area contributed by atoms with Crippen molar-refractivity contribution in [1.29, 1.82) is 0 Å². The first-order chi connectivity index (χ1) is 9.95. The second kappa shape index (κ2) is 6.51. The summed E-state index contributed by atoms with van der Waals surface area (Å²) in [5.41, 5.74) is 2.25. The third-order valence-electron chi connectivity index (χ3n) is 2.68. The van der Waals surface area contributed by atoms with Gasteiger partial charge in [-0.05, 0) is 42.9 Å². The van der Waals surface area contributed by atoms with Crippen LogP contribution in [0.5, 0.6) is 0 Å². The van der Waals surface area contributed by atoms with E-state index in [0.29, 0.717) is 15.8 Å². The molecule has 21 heavy (non-hydrogen) atoms. The summed E-state index contributed by atoms with van der Waals surface area (Å²) in [5.74, 6) is 0. The Hall–Kier alpha value is -2.18. The number of aryl methyl sites for hydroxylation is 1. The highest BCUT2D eigenvalue weighted by Crippen LogP contribution is 2.26. The molecule has 0 spiro atoms. The third-order valence-corrected chi connectivity index (χ3v) is 3.22. The van der Waals surface area contributed by atoms with Gasteiger partial charge in [0.05, 0.1) is 15.6 Å². The molecule has 0 amide bonds. The summed E-state index contributed by atoms with van der Waals surface area (Å²) >= 11 is 11.2. The number of hydrogen-bond acceptors (Lipinski definition) is 3. The fraction of sp³-hybridized carbons (Fsp3) is 0.0714. The minimum atomic E-state index is -0.488. The second-order valence-corrected chi connectivity index (χ2v) is 5.19. The summed E-state index contributed by atoms with van der Waals surface area (Å²) in [5, 5.41) is 17.3. The SMILES string of the molecule is Cc1cccc(NC(=S)Nc2cc([N+](=O)[O-])ccc2Cl)c1. The topological polar surface area (TPSA) is 67.2 Å². The van der Waals surface area contributed by atoms with Crippen molar-refractivity contribution in [2.45, 2.75) is 6.92 Å². The first-order valence-electron chi connectivity index (χ1n) is 6.04. The third kappa shape index (κ3) is 4.14. The minimum absolute atomic E-state index is 0.0553. The van der Waals surface area contributed by atoms with Gasteiger partial charge in [-0.1, -0.05) is 23.7 Å². The van der Waals surface area contributed by atoms with Gasteiger partial charge < -0.3 is 10.6 Å². The van der Waals surface area contributed by atoms with Crippen molar-refractivity contribution in [2.24, 2.45) is 0 Å². The molecule has 0 aliphatic carbocycles. The number of nitrogens with zero attached hydrogens (tertiary/aromatic N) is 1. The standard InChI is InChI=1S/C14H12ClN3O2S/c1-9-3-2-4-10(7-9)16-14(21)17-13-8-11(18(19)20)5-6-12(13)15/h2-8H,1H3,(H2,16,17,21). The molecule has 0 saturated heterocycles. The van der Waals surface area contributed by atoms with E-state index < -0.39 is 4.92 Å². The molecule has 2 aromatic rings. The predicted octanol–water partition coefficient (Wildman–Crippen LogP) is 4.37. The van der Waals surface area contributed by atoms with Gasteiger partial charge in [-0.3, -0.25) is 10.1 Å². The molecule has 0 radical (unpaired) electrons. The lowest BCUT2D eigenvalue weighted by molar-refractivity contribution is -0.384. The van der Waals surface area contributed by atoms with Gasteiger partial charge >= 0.3 is 0 Å². The maximum absolute atomic E-state index is 10.8. The van der Waals surface area contributed by atoms with E-state index >= 15 is 0 Å². The van der Waals surface area contributed by atoms with Gasteiger partial charge in [0, 0.05) is 17.8 Å². The van der Waals surface area contributed by atoms with Gasteiger partial charge in [-0.15, -0.1) is 0 Å². The van der Waals surface area contributed by atoms with E-state index in [1.165, 1.54) is 18.2 Å². The maximum atomic E-state index is 10.8. The summed E-state index contributed by atoms with van der Waals surface area (Å²) in [6, 6.07) is 11.8. The van der Waals surface area contributed by atoms with Gasteiger partial charge in [-0.25, -0.2) is 0 Å². The molecular weight excluding hydrogens is 310 g/mol. The smallest absolute Gasteiger partial charge is 0.271 e. The van der Waals surface area contributed by atoms with E-state index in [9.17, 15) is 10.1 Å². The number of nitro groups is 1. The Kier molecular flexibility index (Phi) is 4.72. The summed E-state index contributed by atoms with van der Waals surface area (Å²) in [6.07, 6.45) is 0. The minimum Gasteiger partial charge on any atom is -0.332 e. The molecule has 0 saturated carbocycles. The average molecular weight is 322 g/mol. The van der Waals surface area contributed by atoms with Gasteiger partial charge in [0.15, 0.2) is 5.11 Å². The van der Waals surface area contributed by atoms with Crippen LogP contribution in [0, 0.1) is 17.0 Å². The molecule has 0 unspecified atom stereocenters. The summed E-state index contributed by atoms with van der Waals surface area (Å²) in [6.45, 7) is 1.97. The monoisotopic (exact) mass is 321 g/mol. The van der Waals surface area contributed by atoms with Crippen molar-refractivity contribution in [3.8, 4) is 0 Å². The number of rotatable bonds is 3. The Labute approximate surface area is 132 Å². The Morgan fingerprint density at radius 3 is 2.67 bits per heavy atom. The molecule has 0 aliphatic rings. The number of nitrogens with one attached hydrogen (secondary N) is 2. The van der Waals surface area contributed by atoms with Crippen LogP contribution in [0.15, 0.2) is 42.5 Å². The van der Waals surface area contributed by atoms with Crippen LogP contribution in [0.1, 0.15) is 5.56 Å². The molecule has 2 rings (SSSR count). The Morgan fingerprint density at radius 2 is 2.00 bits per heavy atom. The van der Waals surface area contributed by atoms with Gasteiger partial charge in [0.1, 0.15) is 0 Å². The van der Waals surface area contributed by atoms with E-state index in [2.05, 4.69) is 10.6 Å². The van der Waals surface area contributed by atoms with Crippen molar-refractivity contribution in [3.05, 3.63) is 63.2 Å². The molecule has 0 fully saturated rings. The van der Waals surface area contributed by atoms with E-state index in [4.69, 9.17) is 23.8 Å². The number of anilines is 2. The van der Waals surface area contributed by atoms with Crippen LogP contribution in [0.2, 0.25) is 5.02 Å². The van der Waals surface area contributed by atoms with E-state index in [0.717, 1.165) is 11.3 Å². The molecule has 0 aliphatic heterocycles. The summed E-state index contributed by atoms with van der Waals surface area (Å²) in [7, 11) is 0. The fourth-order valence-electron chi connectivity index (χ4n) is 1.73. The molecule has 2 N–H and O–H groups in total. The quantitative estimate of drug-likeness (QED) is 0.499. The maximum Gasteiger partial charge on any atom is 0.271 e. The van der Waals surface area contributed by atoms with Gasteiger partial charge in [0.25, 0.3) is 5.69 Å². The number of non-ortho nitro benzene ring substituents is 1. The highest BCUT2D eigenvalue weighted by atomic mass is 35.5. The zero-order valence-corrected chi connectivity index (χ0v) is 12.7. The molecule has 0 bridgehead atoms. The van der Waals surface area contributed by atoms with E-state index in [-0.39, 0.29) is 5.69 Å². The van der Waals surface area contributed by atoms with Crippen molar-refractivity contribution in [3.63, 3.8) is 0 Å². The van der Waals surface area contributed by atoms with Gasteiger partial charge in [0.2, 0.25) is 0 Å². The first-order valence-corrected chi connectivity index (χ1v) is 6.83. The van der Waals surface area contributed by atoms with Crippen molar-refractivity contribution >= 4 is 46.0 Å². The second-order valence-electron chi connectivity index (χ2n) is 4.37. The number of halogens is 1. The van der Waals surface area contributed by atoms with E-state index in [1.54, 1.807) is 0 Å². The van der Waals surface area contributed by atoms with Gasteiger partial charge in [-0.2, -0.15) is 0 Å². The molecule has 0 heterocycles. The van der Waals surface area contributed by atoms with Crippen LogP contribution in [0.25, 0.3) is 0 Å². The summed E-state index contributed by atoms with van der Waals surface area (Å²) in [4.78, 5) is 10.3. The zero-order valence-electron chi connectivity index (χ0n) is 11.1. The van der Waals surface area contributed by atoms with Crippen molar-refractivity contribution < 1.29 is 4.92 Å². The van der Waals surface area contributed by atoms with Crippen LogP contribution in [0.4, 0.5) is 17.1 Å². The van der Waals surface area contributed by atoms with Crippen LogP contribution in [-0.4, -0.2) is 10.0 Å². The fourth-order valence-corrected chi connectivity index (χ4v) is 2.12. The molecular formula is C14H12ClN3O2S.